The van der Waals surface area contributed by atoms with Crippen LogP contribution in [-0.4, -0.2) is 15.9 Å². The lowest BCUT2D eigenvalue weighted by Crippen LogP contribution is -2.26. The molecule has 8 heteroatoms. The maximum Gasteiger partial charge on any atom is 0.418 e. The van der Waals surface area contributed by atoms with Gasteiger partial charge in [0, 0.05) is 12.4 Å². The second-order valence-corrected chi connectivity index (χ2v) is 6.07. The second kappa shape index (κ2) is 8.08. The molecule has 144 valence electrons. The highest BCUT2D eigenvalue weighted by molar-refractivity contribution is 5.93. The van der Waals surface area contributed by atoms with Gasteiger partial charge in [-0.3, -0.25) is 4.79 Å². The molecule has 1 aromatic heterocycles. The van der Waals surface area contributed by atoms with Crippen molar-refractivity contribution in [2.75, 3.05) is 5.32 Å². The molecule has 1 heterocycles. The molecule has 0 saturated heterocycles. The van der Waals surface area contributed by atoms with Crippen molar-refractivity contribution in [1.82, 2.24) is 15.3 Å². The first-order valence-electron chi connectivity index (χ1n) is 8.45. The third-order valence-corrected chi connectivity index (χ3v) is 4.04. The summed E-state index contributed by atoms with van der Waals surface area (Å²) in [6, 6.07) is 14.2. The number of nitrogens with one attached hydrogen (secondary N) is 2. The minimum atomic E-state index is -4.50. The highest BCUT2D eigenvalue weighted by atomic mass is 19.4. The number of aromatic nitrogens is 2. The van der Waals surface area contributed by atoms with Crippen LogP contribution >= 0.6 is 0 Å². The van der Waals surface area contributed by atoms with Gasteiger partial charge in [-0.2, -0.15) is 13.2 Å². The van der Waals surface area contributed by atoms with E-state index in [0.717, 1.165) is 11.6 Å². The number of amides is 1. The van der Waals surface area contributed by atoms with E-state index in [4.69, 9.17) is 0 Å². The molecule has 0 spiro atoms. The van der Waals surface area contributed by atoms with Crippen molar-refractivity contribution in [1.29, 1.82) is 0 Å². The molecule has 0 fully saturated rings. The average Bonchev–Trinajstić information content (AvgIpc) is 2.69. The van der Waals surface area contributed by atoms with Crippen LogP contribution in [0.3, 0.4) is 0 Å². The number of hydrogen-bond acceptors (Lipinski definition) is 4. The highest BCUT2D eigenvalue weighted by Crippen LogP contribution is 2.35. The Hall–Kier alpha value is -3.42. The minimum Gasteiger partial charge on any atom is -0.345 e. The summed E-state index contributed by atoms with van der Waals surface area (Å²) in [5.74, 6) is -0.414. The topological polar surface area (TPSA) is 66.9 Å². The predicted octanol–water partition coefficient (Wildman–Crippen LogP) is 4.73. The molecule has 0 aliphatic carbocycles. The Morgan fingerprint density at radius 1 is 0.964 bits per heavy atom. The van der Waals surface area contributed by atoms with Gasteiger partial charge in [-0.25, -0.2) is 9.97 Å². The summed E-state index contributed by atoms with van der Waals surface area (Å²) >= 11 is 0. The molecule has 2 aromatic carbocycles. The summed E-state index contributed by atoms with van der Waals surface area (Å²) in [5, 5.41) is 5.36. The van der Waals surface area contributed by atoms with Crippen LogP contribution in [0.1, 0.15) is 34.5 Å². The van der Waals surface area contributed by atoms with E-state index in [1.54, 1.807) is 0 Å². The van der Waals surface area contributed by atoms with E-state index in [1.807, 2.05) is 37.3 Å². The number of anilines is 2. The molecule has 2 N–H and O–H groups in total. The smallest absolute Gasteiger partial charge is 0.345 e. The predicted molar refractivity (Wildman–Crippen MR) is 99.1 cm³/mol. The molecule has 3 aromatic rings. The van der Waals surface area contributed by atoms with E-state index in [2.05, 4.69) is 20.6 Å². The molecular weight excluding hydrogens is 369 g/mol. The van der Waals surface area contributed by atoms with Gasteiger partial charge < -0.3 is 10.6 Å². The van der Waals surface area contributed by atoms with Crippen molar-refractivity contribution < 1.29 is 18.0 Å². The van der Waals surface area contributed by atoms with Crippen LogP contribution in [0.25, 0.3) is 0 Å². The van der Waals surface area contributed by atoms with E-state index >= 15 is 0 Å². The fourth-order valence-corrected chi connectivity index (χ4v) is 2.57. The molecule has 1 unspecified atom stereocenters. The van der Waals surface area contributed by atoms with E-state index in [0.29, 0.717) is 0 Å². The third kappa shape index (κ3) is 4.64. The molecule has 1 atom stereocenters. The number of carbonyl (C=O) groups excluding carboxylic acids is 1. The van der Waals surface area contributed by atoms with Crippen LogP contribution in [-0.2, 0) is 6.18 Å². The largest absolute Gasteiger partial charge is 0.418 e. The van der Waals surface area contributed by atoms with Crippen molar-refractivity contribution in [3.63, 3.8) is 0 Å². The number of benzene rings is 2. The lowest BCUT2D eigenvalue weighted by Gasteiger charge is -2.15. The first-order chi connectivity index (χ1) is 13.3. The second-order valence-electron chi connectivity index (χ2n) is 6.07. The lowest BCUT2D eigenvalue weighted by atomic mass is 10.1. The molecule has 0 radical (unpaired) electrons. The van der Waals surface area contributed by atoms with Crippen LogP contribution in [0.4, 0.5) is 24.8 Å². The van der Waals surface area contributed by atoms with Crippen LogP contribution in [0.2, 0.25) is 0 Å². The summed E-state index contributed by atoms with van der Waals surface area (Å²) < 4.78 is 39.1. The molecule has 3 rings (SSSR count). The summed E-state index contributed by atoms with van der Waals surface area (Å²) in [5.41, 5.74) is 0.165. The number of rotatable bonds is 5. The van der Waals surface area contributed by atoms with Crippen LogP contribution in [0.15, 0.2) is 67.0 Å². The molecule has 0 aliphatic heterocycles. The maximum atomic E-state index is 13.0. The van der Waals surface area contributed by atoms with Gasteiger partial charge in [0.2, 0.25) is 5.95 Å². The minimum absolute atomic E-state index is 0.0376. The van der Waals surface area contributed by atoms with E-state index in [9.17, 15) is 18.0 Å². The number of halogens is 3. The number of para-hydroxylation sites is 1. The first-order valence-corrected chi connectivity index (χ1v) is 8.45. The van der Waals surface area contributed by atoms with E-state index in [1.165, 1.54) is 30.6 Å². The summed E-state index contributed by atoms with van der Waals surface area (Å²) in [4.78, 5) is 20.2. The van der Waals surface area contributed by atoms with Crippen molar-refractivity contribution in [3.05, 3.63) is 83.7 Å². The fraction of sp³-hybridized carbons (Fsp3) is 0.150. The van der Waals surface area contributed by atoms with Gasteiger partial charge >= 0.3 is 6.18 Å². The van der Waals surface area contributed by atoms with Crippen molar-refractivity contribution in [2.24, 2.45) is 0 Å². The zero-order valence-electron chi connectivity index (χ0n) is 14.9. The molecule has 28 heavy (non-hydrogen) atoms. The van der Waals surface area contributed by atoms with Gasteiger partial charge in [-0.1, -0.05) is 42.5 Å². The zero-order valence-corrected chi connectivity index (χ0v) is 14.9. The summed E-state index contributed by atoms with van der Waals surface area (Å²) in [6.07, 6.45) is -1.98. The normalized spacial score (nSPS) is 12.3. The van der Waals surface area contributed by atoms with Crippen LogP contribution < -0.4 is 10.6 Å². The van der Waals surface area contributed by atoms with E-state index < -0.39 is 11.7 Å². The number of nitrogens with zero attached hydrogens (tertiary/aromatic N) is 2. The lowest BCUT2D eigenvalue weighted by molar-refractivity contribution is -0.136. The quantitative estimate of drug-likeness (QED) is 0.665. The first kappa shape index (κ1) is 19.3. The van der Waals surface area contributed by atoms with Gasteiger partial charge in [0.25, 0.3) is 5.91 Å². The number of carbonyl (C=O) groups is 1. The van der Waals surface area contributed by atoms with E-state index in [-0.39, 0.29) is 29.1 Å². The van der Waals surface area contributed by atoms with Gasteiger partial charge in [-0.05, 0) is 24.6 Å². The van der Waals surface area contributed by atoms with Gasteiger partial charge in [-0.15, -0.1) is 0 Å². The molecular formula is C20H17F3N4O. The Labute approximate surface area is 159 Å². The number of hydrogen-bond donors (Lipinski definition) is 2. The van der Waals surface area contributed by atoms with Gasteiger partial charge in [0.1, 0.15) is 0 Å². The van der Waals surface area contributed by atoms with Crippen molar-refractivity contribution in [3.8, 4) is 0 Å². The van der Waals surface area contributed by atoms with Gasteiger partial charge in [0.15, 0.2) is 0 Å². The average molecular weight is 386 g/mol. The number of alkyl halides is 3. The molecule has 0 bridgehead atoms. The zero-order chi connectivity index (χ0) is 20.1. The van der Waals surface area contributed by atoms with Gasteiger partial charge in [0.05, 0.1) is 22.9 Å². The van der Waals surface area contributed by atoms with Crippen molar-refractivity contribution in [2.45, 2.75) is 19.1 Å². The summed E-state index contributed by atoms with van der Waals surface area (Å²) in [7, 11) is 0. The van der Waals surface area contributed by atoms with Crippen LogP contribution in [0, 0.1) is 0 Å². The highest BCUT2D eigenvalue weighted by Gasteiger charge is 2.33. The van der Waals surface area contributed by atoms with Crippen LogP contribution in [0.5, 0.6) is 0 Å². The Morgan fingerprint density at radius 3 is 2.21 bits per heavy atom. The monoisotopic (exact) mass is 386 g/mol. The van der Waals surface area contributed by atoms with Crippen molar-refractivity contribution >= 4 is 17.5 Å². The fourth-order valence-electron chi connectivity index (χ4n) is 2.57. The Bertz CT molecular complexity index is 944. The molecule has 5 nitrogen and oxygen atoms in total. The third-order valence-electron chi connectivity index (χ3n) is 4.04. The maximum absolute atomic E-state index is 13.0. The molecule has 0 aliphatic rings. The standard InChI is InChI=1S/C20H17F3N4O/c1-13(14-7-3-2-4-8-14)26-18(28)15-11-24-19(25-12-15)27-17-10-6-5-9-16(17)20(21,22)23/h2-13H,1H3,(H,26,28)(H,24,25,27). The Morgan fingerprint density at radius 2 is 1.57 bits per heavy atom. The molecule has 1 amide bonds. The SMILES string of the molecule is CC(NC(=O)c1cnc(Nc2ccccc2C(F)(F)F)nc1)c1ccccc1. The molecule has 0 saturated carbocycles. The Balaban J connectivity index is 1.70. The summed E-state index contributed by atoms with van der Waals surface area (Å²) in [6.45, 7) is 1.85. The Kier molecular flexibility index (Phi) is 5.58.